The van der Waals surface area contributed by atoms with Gasteiger partial charge in [-0.3, -0.25) is 9.48 Å². The topological polar surface area (TPSA) is 59.0 Å². The van der Waals surface area contributed by atoms with Gasteiger partial charge in [-0.1, -0.05) is 0 Å². The first-order chi connectivity index (χ1) is 8.18. The van der Waals surface area contributed by atoms with Gasteiger partial charge < -0.3 is 10.6 Å². The molecule has 1 fully saturated rings. The zero-order valence-corrected chi connectivity index (χ0v) is 10.5. The molecular weight excluding hydrogens is 216 g/mol. The second-order valence-electron chi connectivity index (χ2n) is 4.67. The van der Waals surface area contributed by atoms with E-state index in [1.54, 1.807) is 10.9 Å². The summed E-state index contributed by atoms with van der Waals surface area (Å²) in [7, 11) is 1.85. The fraction of sp³-hybridized carbons (Fsp3) is 0.667. The monoisotopic (exact) mass is 236 g/mol. The molecule has 2 N–H and O–H groups in total. The Morgan fingerprint density at radius 3 is 2.88 bits per heavy atom. The van der Waals surface area contributed by atoms with Crippen LogP contribution in [0.4, 0.5) is 0 Å². The minimum atomic E-state index is -0.00543. The molecule has 1 saturated heterocycles. The minimum absolute atomic E-state index is 0.00543. The fourth-order valence-electron chi connectivity index (χ4n) is 2.14. The highest BCUT2D eigenvalue weighted by molar-refractivity contribution is 5.94. The van der Waals surface area contributed by atoms with Crippen LogP contribution in [0.5, 0.6) is 0 Å². The summed E-state index contributed by atoms with van der Waals surface area (Å²) in [6, 6.07) is 0. The van der Waals surface area contributed by atoms with Gasteiger partial charge in [0.1, 0.15) is 0 Å². The number of hydrogen-bond donors (Lipinski definition) is 2. The van der Waals surface area contributed by atoms with Crippen LogP contribution in [0.1, 0.15) is 28.9 Å². The molecule has 5 nitrogen and oxygen atoms in total. The summed E-state index contributed by atoms with van der Waals surface area (Å²) < 4.78 is 1.72. The molecule has 0 saturated carbocycles. The minimum Gasteiger partial charge on any atom is -0.352 e. The van der Waals surface area contributed by atoms with E-state index in [2.05, 4.69) is 15.7 Å². The normalized spacial score (nSPS) is 17.1. The van der Waals surface area contributed by atoms with Gasteiger partial charge >= 0.3 is 0 Å². The van der Waals surface area contributed by atoms with Crippen molar-refractivity contribution < 1.29 is 4.79 Å². The van der Waals surface area contributed by atoms with Crippen LogP contribution in [0.15, 0.2) is 6.20 Å². The second kappa shape index (κ2) is 5.31. The third-order valence-electron chi connectivity index (χ3n) is 3.49. The van der Waals surface area contributed by atoms with Crippen LogP contribution in [0, 0.1) is 12.8 Å². The largest absolute Gasteiger partial charge is 0.352 e. The number of aryl methyl sites for hydroxylation is 1. The molecule has 0 unspecified atom stereocenters. The Kier molecular flexibility index (Phi) is 3.78. The first-order valence-electron chi connectivity index (χ1n) is 6.16. The molecule has 0 aromatic carbocycles. The Hall–Kier alpha value is -1.36. The van der Waals surface area contributed by atoms with Crippen LogP contribution in [-0.4, -0.2) is 35.3 Å². The van der Waals surface area contributed by atoms with Gasteiger partial charge in [-0.15, -0.1) is 0 Å². The summed E-state index contributed by atoms with van der Waals surface area (Å²) in [6.07, 6.45) is 3.92. The highest BCUT2D eigenvalue weighted by Crippen LogP contribution is 2.11. The molecule has 94 valence electrons. The Labute approximate surface area is 102 Å². The smallest absolute Gasteiger partial charge is 0.254 e. The van der Waals surface area contributed by atoms with Crippen molar-refractivity contribution in [2.75, 3.05) is 19.6 Å². The SMILES string of the molecule is Cc1c(C(=O)NCC2CCNCC2)cnn1C. The summed E-state index contributed by atoms with van der Waals surface area (Å²) >= 11 is 0. The standard InChI is InChI=1S/C12H20N4O/c1-9-11(8-15-16(9)2)12(17)14-7-10-3-5-13-6-4-10/h8,10,13H,3-7H2,1-2H3,(H,14,17). The van der Waals surface area contributed by atoms with Crippen molar-refractivity contribution in [1.82, 2.24) is 20.4 Å². The average Bonchev–Trinajstić information content (AvgIpc) is 2.69. The van der Waals surface area contributed by atoms with Crippen molar-refractivity contribution in [3.8, 4) is 0 Å². The molecule has 0 atom stereocenters. The van der Waals surface area contributed by atoms with E-state index in [0.29, 0.717) is 11.5 Å². The number of nitrogens with zero attached hydrogens (tertiary/aromatic N) is 2. The van der Waals surface area contributed by atoms with E-state index >= 15 is 0 Å². The number of rotatable bonds is 3. The van der Waals surface area contributed by atoms with Crippen molar-refractivity contribution in [3.63, 3.8) is 0 Å². The van der Waals surface area contributed by atoms with Crippen molar-refractivity contribution in [2.24, 2.45) is 13.0 Å². The molecule has 0 bridgehead atoms. The molecule has 17 heavy (non-hydrogen) atoms. The van der Waals surface area contributed by atoms with Crippen molar-refractivity contribution in [3.05, 3.63) is 17.5 Å². The number of nitrogens with one attached hydrogen (secondary N) is 2. The summed E-state index contributed by atoms with van der Waals surface area (Å²) in [4.78, 5) is 11.9. The quantitative estimate of drug-likeness (QED) is 0.801. The van der Waals surface area contributed by atoms with E-state index in [-0.39, 0.29) is 5.91 Å². The number of aromatic nitrogens is 2. The zero-order valence-electron chi connectivity index (χ0n) is 10.5. The Morgan fingerprint density at radius 1 is 1.59 bits per heavy atom. The first kappa shape index (κ1) is 12.1. The van der Waals surface area contributed by atoms with E-state index in [1.807, 2.05) is 14.0 Å². The van der Waals surface area contributed by atoms with E-state index in [1.165, 1.54) is 0 Å². The van der Waals surface area contributed by atoms with Gasteiger partial charge in [0.25, 0.3) is 5.91 Å². The Morgan fingerprint density at radius 2 is 2.29 bits per heavy atom. The number of piperidine rings is 1. The summed E-state index contributed by atoms with van der Waals surface area (Å²) in [5.74, 6) is 0.603. The maximum atomic E-state index is 11.9. The van der Waals surface area contributed by atoms with Crippen molar-refractivity contribution >= 4 is 5.91 Å². The molecule has 2 rings (SSSR count). The highest BCUT2D eigenvalue weighted by Gasteiger charge is 2.16. The van der Waals surface area contributed by atoms with E-state index in [4.69, 9.17) is 0 Å². The molecule has 0 radical (unpaired) electrons. The second-order valence-corrected chi connectivity index (χ2v) is 4.67. The first-order valence-corrected chi connectivity index (χ1v) is 6.16. The molecule has 2 heterocycles. The maximum Gasteiger partial charge on any atom is 0.254 e. The Balaban J connectivity index is 1.86. The lowest BCUT2D eigenvalue weighted by Gasteiger charge is -2.22. The third-order valence-corrected chi connectivity index (χ3v) is 3.49. The Bertz CT molecular complexity index is 393. The van der Waals surface area contributed by atoms with Crippen LogP contribution in [0.2, 0.25) is 0 Å². The van der Waals surface area contributed by atoms with Gasteiger partial charge in [-0.2, -0.15) is 5.10 Å². The van der Waals surface area contributed by atoms with Crippen LogP contribution in [-0.2, 0) is 7.05 Å². The van der Waals surface area contributed by atoms with Gasteiger partial charge in [-0.05, 0) is 38.8 Å². The zero-order chi connectivity index (χ0) is 12.3. The van der Waals surface area contributed by atoms with Crippen LogP contribution < -0.4 is 10.6 Å². The highest BCUT2D eigenvalue weighted by atomic mass is 16.1. The number of carbonyl (C=O) groups is 1. The summed E-state index contributed by atoms with van der Waals surface area (Å²) in [5.41, 5.74) is 1.59. The van der Waals surface area contributed by atoms with Crippen molar-refractivity contribution in [2.45, 2.75) is 19.8 Å². The van der Waals surface area contributed by atoms with Crippen LogP contribution in [0.25, 0.3) is 0 Å². The van der Waals surface area contributed by atoms with Gasteiger partial charge in [-0.25, -0.2) is 0 Å². The third kappa shape index (κ3) is 2.85. The van der Waals surface area contributed by atoms with Gasteiger partial charge in [0.05, 0.1) is 11.8 Å². The van der Waals surface area contributed by atoms with E-state index in [0.717, 1.165) is 38.2 Å². The van der Waals surface area contributed by atoms with E-state index in [9.17, 15) is 4.79 Å². The number of hydrogen-bond acceptors (Lipinski definition) is 3. The van der Waals surface area contributed by atoms with Gasteiger partial charge in [0.15, 0.2) is 0 Å². The summed E-state index contributed by atoms with van der Waals surface area (Å²) in [6.45, 7) is 4.81. The fourth-order valence-corrected chi connectivity index (χ4v) is 2.14. The van der Waals surface area contributed by atoms with Gasteiger partial charge in [0, 0.05) is 19.3 Å². The molecule has 1 aromatic heterocycles. The lowest BCUT2D eigenvalue weighted by Crippen LogP contribution is -2.36. The lowest BCUT2D eigenvalue weighted by molar-refractivity contribution is 0.0943. The van der Waals surface area contributed by atoms with Crippen LogP contribution >= 0.6 is 0 Å². The molecule has 1 aromatic rings. The summed E-state index contributed by atoms with van der Waals surface area (Å²) in [5, 5.41) is 10.4. The predicted octanol–water partition coefficient (Wildman–Crippen LogP) is 0.458. The van der Waals surface area contributed by atoms with E-state index < -0.39 is 0 Å². The number of carbonyl (C=O) groups excluding carboxylic acids is 1. The molecule has 1 amide bonds. The molecule has 1 aliphatic rings. The molecule has 0 spiro atoms. The number of amides is 1. The molecule has 5 heteroatoms. The molecular formula is C12H20N4O. The molecule has 0 aliphatic carbocycles. The van der Waals surface area contributed by atoms with Crippen molar-refractivity contribution in [1.29, 1.82) is 0 Å². The maximum absolute atomic E-state index is 11.9. The van der Waals surface area contributed by atoms with Gasteiger partial charge in [0.2, 0.25) is 0 Å². The predicted molar refractivity (Wildman–Crippen MR) is 65.9 cm³/mol. The lowest BCUT2D eigenvalue weighted by atomic mass is 9.98. The molecule has 1 aliphatic heterocycles. The van der Waals surface area contributed by atoms with Crippen LogP contribution in [0.3, 0.4) is 0 Å². The average molecular weight is 236 g/mol.